The van der Waals surface area contributed by atoms with E-state index in [1.54, 1.807) is 7.05 Å². The number of rotatable bonds is 5. The highest BCUT2D eigenvalue weighted by molar-refractivity contribution is 14.0. The lowest BCUT2D eigenvalue weighted by Crippen LogP contribution is -2.44. The van der Waals surface area contributed by atoms with Crippen molar-refractivity contribution in [2.24, 2.45) is 10.9 Å². The second kappa shape index (κ2) is 12.2. The molecule has 0 spiro atoms. The number of carbonyl (C=O) groups excluding carboxylic acids is 1. The smallest absolute Gasteiger partial charge is 0.410 e. The summed E-state index contributed by atoms with van der Waals surface area (Å²) in [5.74, 6) is 1.25. The van der Waals surface area contributed by atoms with Gasteiger partial charge in [0.2, 0.25) is 0 Å². The van der Waals surface area contributed by atoms with Crippen molar-refractivity contribution in [1.82, 2.24) is 20.5 Å². The number of ether oxygens (including phenoxy) is 1. The number of nitrogens with zero attached hydrogens (tertiary/aromatic N) is 3. The summed E-state index contributed by atoms with van der Waals surface area (Å²) in [7, 11) is 1.78. The van der Waals surface area contributed by atoms with E-state index >= 15 is 0 Å². The van der Waals surface area contributed by atoms with Crippen LogP contribution in [0, 0.1) is 5.92 Å². The van der Waals surface area contributed by atoms with Crippen LogP contribution in [0.3, 0.4) is 0 Å². The van der Waals surface area contributed by atoms with Crippen LogP contribution in [0.5, 0.6) is 0 Å². The van der Waals surface area contributed by atoms with Crippen LogP contribution in [0.4, 0.5) is 4.79 Å². The molecule has 3 rings (SSSR count). The molecular formula is C24H36IN5O2. The minimum Gasteiger partial charge on any atom is -0.444 e. The predicted molar refractivity (Wildman–Crippen MR) is 141 cm³/mol. The third kappa shape index (κ3) is 7.79. The third-order valence-corrected chi connectivity index (χ3v) is 5.42. The zero-order valence-corrected chi connectivity index (χ0v) is 21.9. The summed E-state index contributed by atoms with van der Waals surface area (Å²) >= 11 is 0. The van der Waals surface area contributed by atoms with Gasteiger partial charge in [0, 0.05) is 44.8 Å². The van der Waals surface area contributed by atoms with Crippen LogP contribution in [-0.2, 0) is 11.3 Å². The highest BCUT2D eigenvalue weighted by Crippen LogP contribution is 2.21. The molecule has 32 heavy (non-hydrogen) atoms. The van der Waals surface area contributed by atoms with Crippen molar-refractivity contribution in [3.05, 3.63) is 42.1 Å². The number of benzene rings is 1. The number of pyridine rings is 1. The van der Waals surface area contributed by atoms with Gasteiger partial charge in [-0.1, -0.05) is 18.2 Å². The molecule has 1 aliphatic rings. The monoisotopic (exact) mass is 553 g/mol. The third-order valence-electron chi connectivity index (χ3n) is 5.42. The SMILES string of the molecule is CN=C(NCCC1CCCN(C(=O)OC(C)(C)C)C1)NCc1ccnc2ccccc12.I. The normalized spacial score (nSPS) is 16.9. The summed E-state index contributed by atoms with van der Waals surface area (Å²) in [4.78, 5) is 23.0. The second-order valence-electron chi connectivity index (χ2n) is 9.06. The zero-order chi connectivity index (χ0) is 22.3. The van der Waals surface area contributed by atoms with Gasteiger partial charge in [0.15, 0.2) is 5.96 Å². The maximum Gasteiger partial charge on any atom is 0.410 e. The number of hydrogen-bond acceptors (Lipinski definition) is 4. The number of para-hydroxylation sites is 1. The summed E-state index contributed by atoms with van der Waals surface area (Å²) in [6.45, 7) is 8.74. The molecular weight excluding hydrogens is 517 g/mol. The molecule has 1 aromatic carbocycles. The Morgan fingerprint density at radius 1 is 1.25 bits per heavy atom. The summed E-state index contributed by atoms with van der Waals surface area (Å²) in [5, 5.41) is 7.95. The predicted octanol–water partition coefficient (Wildman–Crippen LogP) is 4.56. The number of aliphatic imine (C=N–C) groups is 1. The first-order valence-electron chi connectivity index (χ1n) is 11.1. The van der Waals surface area contributed by atoms with Gasteiger partial charge in [-0.3, -0.25) is 9.98 Å². The average molecular weight is 553 g/mol. The van der Waals surface area contributed by atoms with Crippen LogP contribution in [0.1, 0.15) is 45.6 Å². The van der Waals surface area contributed by atoms with Crippen molar-refractivity contribution in [1.29, 1.82) is 0 Å². The lowest BCUT2D eigenvalue weighted by molar-refractivity contribution is 0.0162. The molecule has 1 atom stereocenters. The van der Waals surface area contributed by atoms with Crippen LogP contribution in [0.2, 0.25) is 0 Å². The number of fused-ring (bicyclic) bond motifs is 1. The summed E-state index contributed by atoms with van der Waals surface area (Å²) in [6.07, 6.45) is 4.78. The van der Waals surface area contributed by atoms with Crippen LogP contribution in [0.15, 0.2) is 41.5 Å². The molecule has 176 valence electrons. The Bertz CT molecular complexity index is 907. The molecule has 1 fully saturated rings. The number of likely N-dealkylation sites (tertiary alicyclic amines) is 1. The lowest BCUT2D eigenvalue weighted by atomic mass is 9.95. The fourth-order valence-electron chi connectivity index (χ4n) is 3.90. The van der Waals surface area contributed by atoms with E-state index in [2.05, 4.69) is 26.7 Å². The van der Waals surface area contributed by atoms with E-state index in [4.69, 9.17) is 4.74 Å². The van der Waals surface area contributed by atoms with Gasteiger partial charge < -0.3 is 20.3 Å². The molecule has 8 heteroatoms. The quantitative estimate of drug-likeness (QED) is 0.323. The van der Waals surface area contributed by atoms with Crippen molar-refractivity contribution in [3.8, 4) is 0 Å². The first-order chi connectivity index (χ1) is 14.9. The topological polar surface area (TPSA) is 78.9 Å². The number of aromatic nitrogens is 1. The molecule has 1 saturated heterocycles. The number of carbonyl (C=O) groups is 1. The molecule has 1 aromatic heterocycles. The van der Waals surface area contributed by atoms with E-state index in [-0.39, 0.29) is 30.1 Å². The van der Waals surface area contributed by atoms with E-state index < -0.39 is 5.60 Å². The second-order valence-corrected chi connectivity index (χ2v) is 9.06. The van der Waals surface area contributed by atoms with Crippen molar-refractivity contribution in [2.45, 2.75) is 52.2 Å². The van der Waals surface area contributed by atoms with Gasteiger partial charge in [-0.15, -0.1) is 24.0 Å². The van der Waals surface area contributed by atoms with Crippen LogP contribution in [-0.4, -0.2) is 54.2 Å². The number of guanidine groups is 1. The number of amides is 1. The van der Waals surface area contributed by atoms with Gasteiger partial charge in [-0.2, -0.15) is 0 Å². The molecule has 1 unspecified atom stereocenters. The highest BCUT2D eigenvalue weighted by atomic mass is 127. The molecule has 2 aromatic rings. The minimum atomic E-state index is -0.454. The summed E-state index contributed by atoms with van der Waals surface area (Å²) < 4.78 is 5.53. The van der Waals surface area contributed by atoms with E-state index in [0.717, 1.165) is 55.8 Å². The summed E-state index contributed by atoms with van der Waals surface area (Å²) in [6, 6.07) is 10.2. The summed E-state index contributed by atoms with van der Waals surface area (Å²) in [5.41, 5.74) is 1.73. The van der Waals surface area contributed by atoms with E-state index in [9.17, 15) is 4.79 Å². The van der Waals surface area contributed by atoms with Crippen LogP contribution in [0.25, 0.3) is 10.9 Å². The molecule has 1 aliphatic heterocycles. The van der Waals surface area contributed by atoms with Gasteiger partial charge in [-0.25, -0.2) is 4.79 Å². The number of nitrogens with one attached hydrogen (secondary N) is 2. The zero-order valence-electron chi connectivity index (χ0n) is 19.6. The van der Waals surface area contributed by atoms with Crippen molar-refractivity contribution in [3.63, 3.8) is 0 Å². The molecule has 0 radical (unpaired) electrons. The molecule has 7 nitrogen and oxygen atoms in total. The number of halogens is 1. The lowest BCUT2D eigenvalue weighted by Gasteiger charge is -2.34. The Hall–Kier alpha value is -2.10. The Balaban J connectivity index is 0.00000363. The Kier molecular flexibility index (Phi) is 9.99. The van der Waals surface area contributed by atoms with Crippen LogP contribution < -0.4 is 10.6 Å². The number of hydrogen-bond donors (Lipinski definition) is 2. The Morgan fingerprint density at radius 3 is 2.78 bits per heavy atom. The molecule has 2 heterocycles. The minimum absolute atomic E-state index is 0. The van der Waals surface area contributed by atoms with Crippen LogP contribution >= 0.6 is 24.0 Å². The van der Waals surface area contributed by atoms with Crippen molar-refractivity contribution in [2.75, 3.05) is 26.7 Å². The Morgan fingerprint density at radius 2 is 2.03 bits per heavy atom. The molecule has 1 amide bonds. The standard InChI is InChI=1S/C24H35N5O2.HI/c1-24(2,3)31-23(30)29-15-7-8-18(17-29)11-13-27-22(25-4)28-16-19-12-14-26-21-10-6-5-9-20(19)21;/h5-6,9-10,12,14,18H,7-8,11,13,15-17H2,1-4H3,(H2,25,27,28);1H. The molecule has 0 saturated carbocycles. The molecule has 0 aliphatic carbocycles. The van der Waals surface area contributed by atoms with Gasteiger partial charge in [0.05, 0.1) is 5.52 Å². The van der Waals surface area contributed by atoms with E-state index in [1.807, 2.05) is 56.1 Å². The van der Waals surface area contributed by atoms with E-state index in [0.29, 0.717) is 12.5 Å². The Labute approximate surface area is 208 Å². The molecule has 0 bridgehead atoms. The average Bonchev–Trinajstić information content (AvgIpc) is 2.75. The first-order valence-corrected chi connectivity index (χ1v) is 11.1. The maximum absolute atomic E-state index is 12.4. The largest absolute Gasteiger partial charge is 0.444 e. The fourth-order valence-corrected chi connectivity index (χ4v) is 3.90. The number of piperidine rings is 1. The highest BCUT2D eigenvalue weighted by Gasteiger charge is 2.27. The maximum atomic E-state index is 12.4. The van der Waals surface area contributed by atoms with Gasteiger partial charge >= 0.3 is 6.09 Å². The van der Waals surface area contributed by atoms with Gasteiger partial charge in [-0.05, 0) is 63.6 Å². The van der Waals surface area contributed by atoms with E-state index in [1.165, 1.54) is 5.56 Å². The van der Waals surface area contributed by atoms with Gasteiger partial charge in [0.25, 0.3) is 0 Å². The first kappa shape index (κ1) is 26.2. The van der Waals surface area contributed by atoms with Crippen molar-refractivity contribution >= 4 is 46.9 Å². The van der Waals surface area contributed by atoms with Gasteiger partial charge in [0.1, 0.15) is 5.60 Å². The molecule has 2 N–H and O–H groups in total. The fraction of sp³-hybridized carbons (Fsp3) is 0.542. The van der Waals surface area contributed by atoms with Crippen molar-refractivity contribution < 1.29 is 9.53 Å².